The summed E-state index contributed by atoms with van der Waals surface area (Å²) >= 11 is 0. The zero-order chi connectivity index (χ0) is 22.7. The van der Waals surface area contributed by atoms with Crippen LogP contribution in [0.2, 0.25) is 0 Å². The van der Waals surface area contributed by atoms with Crippen LogP contribution < -0.4 is 10.6 Å². The Morgan fingerprint density at radius 1 is 1.22 bits per heavy atom. The zero-order valence-corrected chi connectivity index (χ0v) is 19.4. The van der Waals surface area contributed by atoms with E-state index in [-0.39, 0.29) is 18.0 Å². The van der Waals surface area contributed by atoms with Crippen LogP contribution in [-0.2, 0) is 11.3 Å². The second-order valence-electron chi connectivity index (χ2n) is 8.57. The molecule has 7 heteroatoms. The molecule has 0 radical (unpaired) electrons. The van der Waals surface area contributed by atoms with Crippen molar-refractivity contribution >= 4 is 22.6 Å². The van der Waals surface area contributed by atoms with Crippen LogP contribution in [0.1, 0.15) is 66.2 Å². The van der Waals surface area contributed by atoms with Crippen molar-refractivity contribution in [2.24, 2.45) is 0 Å². The van der Waals surface area contributed by atoms with Crippen molar-refractivity contribution < 1.29 is 9.53 Å². The number of carbonyl (C=O) groups excluding carboxylic acids is 1. The summed E-state index contributed by atoms with van der Waals surface area (Å²) in [7, 11) is 0. The number of hydrogen-bond acceptors (Lipinski definition) is 5. The molecule has 1 amide bonds. The third kappa shape index (κ3) is 4.48. The molecule has 1 aliphatic rings. The molecule has 0 saturated carbocycles. The highest BCUT2D eigenvalue weighted by Gasteiger charge is 2.24. The number of benzene rings is 1. The first kappa shape index (κ1) is 22.3. The first-order valence-corrected chi connectivity index (χ1v) is 11.6. The molecule has 170 valence electrons. The van der Waals surface area contributed by atoms with E-state index in [1.54, 1.807) is 6.20 Å². The molecule has 2 aromatic heterocycles. The standard InChI is InChI=1S/C25H33N5O2/c1-5-22(19-8-7-16(3)13-17(19)4)29-25(31)21-14-26-24-20(15-27-30(24)6-2)23(21)28-18-9-11-32-12-10-18/h7-8,13-15,18,22H,5-6,9-12H2,1-4H3,(H,26,28)(H,29,31)/t22-/m1/s1. The Kier molecular flexibility index (Phi) is 6.74. The Morgan fingerprint density at radius 3 is 2.69 bits per heavy atom. The molecule has 0 aliphatic carbocycles. The van der Waals surface area contributed by atoms with Crippen molar-refractivity contribution in [1.82, 2.24) is 20.1 Å². The number of anilines is 1. The van der Waals surface area contributed by atoms with Gasteiger partial charge in [0.1, 0.15) is 0 Å². The van der Waals surface area contributed by atoms with Crippen molar-refractivity contribution in [2.45, 2.75) is 65.6 Å². The first-order chi connectivity index (χ1) is 15.5. The summed E-state index contributed by atoms with van der Waals surface area (Å²) in [4.78, 5) is 18.1. The maximum absolute atomic E-state index is 13.5. The number of amides is 1. The van der Waals surface area contributed by atoms with Gasteiger partial charge in [0.15, 0.2) is 5.65 Å². The van der Waals surface area contributed by atoms with Crippen LogP contribution in [0.4, 0.5) is 5.69 Å². The Hall–Kier alpha value is -2.93. The van der Waals surface area contributed by atoms with E-state index >= 15 is 0 Å². The lowest BCUT2D eigenvalue weighted by atomic mass is 9.97. The van der Waals surface area contributed by atoms with Gasteiger partial charge in [-0.3, -0.25) is 4.79 Å². The number of pyridine rings is 1. The van der Waals surface area contributed by atoms with Gasteiger partial charge in [0.05, 0.1) is 28.9 Å². The summed E-state index contributed by atoms with van der Waals surface area (Å²) in [6, 6.07) is 6.57. The fourth-order valence-electron chi connectivity index (χ4n) is 4.48. The Balaban J connectivity index is 1.68. The van der Waals surface area contributed by atoms with Gasteiger partial charge in [0, 0.05) is 32.0 Å². The van der Waals surface area contributed by atoms with Crippen LogP contribution in [0.5, 0.6) is 0 Å². The molecule has 3 heterocycles. The van der Waals surface area contributed by atoms with E-state index in [9.17, 15) is 4.79 Å². The van der Waals surface area contributed by atoms with Crippen molar-refractivity contribution in [3.05, 3.63) is 52.8 Å². The Bertz CT molecular complexity index is 1100. The third-order valence-corrected chi connectivity index (χ3v) is 6.29. The number of aromatic nitrogens is 3. The number of ether oxygens (including phenoxy) is 1. The van der Waals surface area contributed by atoms with Crippen LogP contribution in [0.25, 0.3) is 11.0 Å². The highest BCUT2D eigenvalue weighted by Crippen LogP contribution is 2.29. The van der Waals surface area contributed by atoms with Crippen LogP contribution in [0.15, 0.2) is 30.6 Å². The number of rotatable bonds is 7. The minimum absolute atomic E-state index is 0.0620. The van der Waals surface area contributed by atoms with Crippen molar-refractivity contribution in [2.75, 3.05) is 18.5 Å². The number of aryl methyl sites for hydroxylation is 3. The van der Waals surface area contributed by atoms with Gasteiger partial charge in [-0.1, -0.05) is 30.7 Å². The molecule has 7 nitrogen and oxygen atoms in total. The topological polar surface area (TPSA) is 81.1 Å². The van der Waals surface area contributed by atoms with E-state index in [0.29, 0.717) is 5.56 Å². The Morgan fingerprint density at radius 2 is 2.00 bits per heavy atom. The van der Waals surface area contributed by atoms with Gasteiger partial charge in [-0.2, -0.15) is 5.10 Å². The molecule has 1 fully saturated rings. The first-order valence-electron chi connectivity index (χ1n) is 11.6. The molecule has 4 rings (SSSR count). The lowest BCUT2D eigenvalue weighted by Crippen LogP contribution is -2.32. The summed E-state index contributed by atoms with van der Waals surface area (Å²) in [5.74, 6) is -0.120. The fourth-order valence-corrected chi connectivity index (χ4v) is 4.48. The maximum atomic E-state index is 13.5. The molecular formula is C25H33N5O2. The Labute approximate surface area is 189 Å². The van der Waals surface area contributed by atoms with Crippen molar-refractivity contribution in [1.29, 1.82) is 0 Å². The summed E-state index contributed by atoms with van der Waals surface area (Å²) in [6.45, 7) is 10.5. The van der Waals surface area contributed by atoms with E-state index in [2.05, 4.69) is 59.7 Å². The fraction of sp³-hybridized carbons (Fsp3) is 0.480. The monoisotopic (exact) mass is 435 g/mol. The third-order valence-electron chi connectivity index (χ3n) is 6.29. The van der Waals surface area contributed by atoms with Gasteiger partial charge >= 0.3 is 0 Å². The van der Waals surface area contributed by atoms with Gasteiger partial charge in [0.25, 0.3) is 5.91 Å². The van der Waals surface area contributed by atoms with Crippen LogP contribution in [0.3, 0.4) is 0 Å². The van der Waals surface area contributed by atoms with Gasteiger partial charge in [-0.05, 0) is 51.2 Å². The molecule has 0 spiro atoms. The molecule has 0 unspecified atom stereocenters. The smallest absolute Gasteiger partial charge is 0.255 e. The highest BCUT2D eigenvalue weighted by atomic mass is 16.5. The summed E-state index contributed by atoms with van der Waals surface area (Å²) < 4.78 is 7.37. The normalized spacial score (nSPS) is 15.6. The van der Waals surface area contributed by atoms with Crippen LogP contribution in [0, 0.1) is 13.8 Å². The molecule has 1 saturated heterocycles. The van der Waals surface area contributed by atoms with E-state index in [1.165, 1.54) is 11.1 Å². The lowest BCUT2D eigenvalue weighted by molar-refractivity contribution is 0.0903. The SMILES string of the molecule is CC[C@@H](NC(=O)c1cnc2c(cnn2CC)c1NC1CCOCC1)c1ccc(C)cc1C. The van der Waals surface area contributed by atoms with Gasteiger partial charge in [-0.25, -0.2) is 9.67 Å². The van der Waals surface area contributed by atoms with E-state index in [4.69, 9.17) is 4.74 Å². The minimum atomic E-state index is -0.120. The maximum Gasteiger partial charge on any atom is 0.255 e. The summed E-state index contributed by atoms with van der Waals surface area (Å²) in [5, 5.41) is 12.2. The van der Waals surface area contributed by atoms with Gasteiger partial charge < -0.3 is 15.4 Å². The van der Waals surface area contributed by atoms with Gasteiger partial charge in [0.2, 0.25) is 0 Å². The predicted molar refractivity (Wildman–Crippen MR) is 127 cm³/mol. The largest absolute Gasteiger partial charge is 0.381 e. The molecule has 2 N–H and O–H groups in total. The van der Waals surface area contributed by atoms with E-state index in [0.717, 1.165) is 61.3 Å². The average molecular weight is 436 g/mol. The van der Waals surface area contributed by atoms with Crippen molar-refractivity contribution in [3.8, 4) is 0 Å². The second kappa shape index (κ2) is 9.69. The minimum Gasteiger partial charge on any atom is -0.381 e. The number of hydrogen-bond donors (Lipinski definition) is 2. The zero-order valence-electron chi connectivity index (χ0n) is 19.4. The number of nitrogens with zero attached hydrogens (tertiary/aromatic N) is 3. The molecule has 32 heavy (non-hydrogen) atoms. The predicted octanol–water partition coefficient (Wildman–Crippen LogP) is 4.54. The van der Waals surface area contributed by atoms with E-state index < -0.39 is 0 Å². The van der Waals surface area contributed by atoms with Gasteiger partial charge in [-0.15, -0.1) is 0 Å². The molecule has 3 aromatic rings. The number of fused-ring (bicyclic) bond motifs is 1. The number of nitrogens with one attached hydrogen (secondary N) is 2. The quantitative estimate of drug-likeness (QED) is 0.569. The molecule has 0 bridgehead atoms. The molecule has 1 aromatic carbocycles. The second-order valence-corrected chi connectivity index (χ2v) is 8.57. The van der Waals surface area contributed by atoms with E-state index in [1.807, 2.05) is 17.8 Å². The lowest BCUT2D eigenvalue weighted by Gasteiger charge is -2.26. The van der Waals surface area contributed by atoms with Crippen LogP contribution in [-0.4, -0.2) is 39.9 Å². The van der Waals surface area contributed by atoms with Crippen LogP contribution >= 0.6 is 0 Å². The molecule has 1 aliphatic heterocycles. The summed E-state index contributed by atoms with van der Waals surface area (Å²) in [6.07, 6.45) is 6.12. The average Bonchev–Trinajstić information content (AvgIpc) is 3.22. The van der Waals surface area contributed by atoms with Crippen molar-refractivity contribution in [3.63, 3.8) is 0 Å². The number of carbonyl (C=O) groups is 1. The molecule has 1 atom stereocenters. The highest BCUT2D eigenvalue weighted by molar-refractivity contribution is 6.06. The summed E-state index contributed by atoms with van der Waals surface area (Å²) in [5.41, 5.74) is 5.73. The molecular weight excluding hydrogens is 402 g/mol.